The number of aryl methyl sites for hydroxylation is 1. The molecule has 3 aromatic rings. The first-order valence-corrected chi connectivity index (χ1v) is 9.92. The fourth-order valence-electron chi connectivity index (χ4n) is 3.35. The number of amides is 1. The Morgan fingerprint density at radius 1 is 1.07 bits per heavy atom. The fourth-order valence-corrected chi connectivity index (χ4v) is 3.46. The number of carbonyl (C=O) groups excluding carboxylic acids is 1. The monoisotopic (exact) mass is 432 g/mol. The van der Waals surface area contributed by atoms with Crippen LogP contribution in [0.25, 0.3) is 11.3 Å². The van der Waals surface area contributed by atoms with E-state index in [9.17, 15) is 13.6 Å². The summed E-state index contributed by atoms with van der Waals surface area (Å²) in [6.45, 7) is 2.57. The molecule has 3 heterocycles. The van der Waals surface area contributed by atoms with E-state index in [-0.39, 0.29) is 23.7 Å². The Morgan fingerprint density at radius 3 is 2.57 bits per heavy atom. The van der Waals surface area contributed by atoms with Gasteiger partial charge in [-0.15, -0.1) is 0 Å². The third-order valence-corrected chi connectivity index (χ3v) is 5.19. The van der Waals surface area contributed by atoms with Gasteiger partial charge in [0, 0.05) is 51.3 Å². The standard InChI is InChI=1S/C21H19ClF2N4O2/c22-14-1-4-19(25-12-14)27-7-9-28(10-8-27)21(29)6-5-20-26-13-18(30-20)16-3-2-15(23)11-17(16)24/h1-4,11-13H,5-10H2. The molecule has 1 amide bonds. The minimum Gasteiger partial charge on any atom is -0.441 e. The molecule has 1 fully saturated rings. The highest BCUT2D eigenvalue weighted by Gasteiger charge is 2.22. The van der Waals surface area contributed by atoms with Crippen molar-refractivity contribution in [1.82, 2.24) is 14.9 Å². The number of halogens is 3. The number of anilines is 1. The van der Waals surface area contributed by atoms with Crippen molar-refractivity contribution in [3.63, 3.8) is 0 Å². The molecule has 2 aromatic heterocycles. The van der Waals surface area contributed by atoms with Gasteiger partial charge in [0.2, 0.25) is 5.91 Å². The average Bonchev–Trinajstić information content (AvgIpc) is 3.21. The molecule has 0 N–H and O–H groups in total. The zero-order valence-corrected chi connectivity index (χ0v) is 16.8. The number of benzene rings is 1. The van der Waals surface area contributed by atoms with E-state index in [4.69, 9.17) is 16.0 Å². The molecule has 0 spiro atoms. The van der Waals surface area contributed by atoms with Crippen molar-refractivity contribution in [1.29, 1.82) is 0 Å². The van der Waals surface area contributed by atoms with E-state index in [0.29, 0.717) is 43.5 Å². The Kier molecular flexibility index (Phi) is 5.94. The van der Waals surface area contributed by atoms with Crippen LogP contribution in [0, 0.1) is 11.6 Å². The first kappa shape index (κ1) is 20.3. The normalized spacial score (nSPS) is 14.2. The second-order valence-electron chi connectivity index (χ2n) is 6.94. The SMILES string of the molecule is O=C(CCc1ncc(-c2ccc(F)cc2F)o1)N1CCN(c2ccc(Cl)cn2)CC1. The summed E-state index contributed by atoms with van der Waals surface area (Å²) in [7, 11) is 0. The van der Waals surface area contributed by atoms with Gasteiger partial charge in [-0.05, 0) is 24.3 Å². The molecule has 30 heavy (non-hydrogen) atoms. The summed E-state index contributed by atoms with van der Waals surface area (Å²) in [5.74, 6) is 0.0127. The van der Waals surface area contributed by atoms with Crippen LogP contribution in [0.3, 0.4) is 0 Å². The predicted molar refractivity (Wildman–Crippen MR) is 108 cm³/mol. The van der Waals surface area contributed by atoms with E-state index in [1.165, 1.54) is 12.3 Å². The van der Waals surface area contributed by atoms with Gasteiger partial charge in [0.05, 0.1) is 16.8 Å². The maximum Gasteiger partial charge on any atom is 0.223 e. The molecule has 0 aliphatic carbocycles. The fraction of sp³-hybridized carbons (Fsp3) is 0.286. The highest BCUT2D eigenvalue weighted by Crippen LogP contribution is 2.25. The van der Waals surface area contributed by atoms with E-state index in [1.807, 2.05) is 6.07 Å². The minimum atomic E-state index is -0.721. The molecule has 4 rings (SSSR count). The molecular weight excluding hydrogens is 414 g/mol. The van der Waals surface area contributed by atoms with Crippen LogP contribution in [0.5, 0.6) is 0 Å². The van der Waals surface area contributed by atoms with Crippen molar-refractivity contribution < 1.29 is 18.0 Å². The van der Waals surface area contributed by atoms with Crippen LogP contribution in [0.2, 0.25) is 5.02 Å². The Bertz CT molecular complexity index is 1030. The number of hydrogen-bond acceptors (Lipinski definition) is 5. The van der Waals surface area contributed by atoms with Gasteiger partial charge in [-0.1, -0.05) is 11.6 Å². The van der Waals surface area contributed by atoms with E-state index < -0.39 is 11.6 Å². The Morgan fingerprint density at radius 2 is 1.87 bits per heavy atom. The lowest BCUT2D eigenvalue weighted by Crippen LogP contribution is -2.49. The van der Waals surface area contributed by atoms with Crippen molar-refractivity contribution >= 4 is 23.3 Å². The van der Waals surface area contributed by atoms with Crippen LogP contribution in [0.1, 0.15) is 12.3 Å². The number of hydrogen-bond donors (Lipinski definition) is 0. The number of piperazine rings is 1. The summed E-state index contributed by atoms with van der Waals surface area (Å²) in [6.07, 6.45) is 3.54. The third kappa shape index (κ3) is 4.59. The molecule has 1 aliphatic heterocycles. The molecular formula is C21H19ClF2N4O2. The Balaban J connectivity index is 1.29. The van der Waals surface area contributed by atoms with Crippen LogP contribution in [-0.2, 0) is 11.2 Å². The number of carbonyl (C=O) groups is 1. The number of nitrogens with zero attached hydrogens (tertiary/aromatic N) is 4. The molecule has 156 valence electrons. The highest BCUT2D eigenvalue weighted by atomic mass is 35.5. The lowest BCUT2D eigenvalue weighted by Gasteiger charge is -2.35. The molecule has 0 saturated carbocycles. The second-order valence-corrected chi connectivity index (χ2v) is 7.38. The van der Waals surface area contributed by atoms with E-state index in [0.717, 1.165) is 18.0 Å². The largest absolute Gasteiger partial charge is 0.441 e. The summed E-state index contributed by atoms with van der Waals surface area (Å²) < 4.78 is 32.5. The van der Waals surface area contributed by atoms with Crippen LogP contribution in [-0.4, -0.2) is 47.0 Å². The molecule has 1 aromatic carbocycles. The molecule has 0 radical (unpaired) electrons. The summed E-state index contributed by atoms with van der Waals surface area (Å²) >= 11 is 5.87. The van der Waals surface area contributed by atoms with E-state index in [2.05, 4.69) is 14.9 Å². The van der Waals surface area contributed by atoms with Gasteiger partial charge >= 0.3 is 0 Å². The Labute approximate surface area is 177 Å². The molecule has 1 saturated heterocycles. The first-order chi connectivity index (χ1) is 14.5. The van der Waals surface area contributed by atoms with Gasteiger partial charge in [0.25, 0.3) is 0 Å². The smallest absolute Gasteiger partial charge is 0.223 e. The highest BCUT2D eigenvalue weighted by molar-refractivity contribution is 6.30. The van der Waals surface area contributed by atoms with Gasteiger partial charge in [0.15, 0.2) is 11.7 Å². The van der Waals surface area contributed by atoms with Gasteiger partial charge in [-0.3, -0.25) is 4.79 Å². The van der Waals surface area contributed by atoms with Crippen LogP contribution in [0.15, 0.2) is 47.1 Å². The van der Waals surface area contributed by atoms with Crippen molar-refractivity contribution in [3.8, 4) is 11.3 Å². The molecule has 0 unspecified atom stereocenters. The van der Waals surface area contributed by atoms with Gasteiger partial charge in [0.1, 0.15) is 17.5 Å². The van der Waals surface area contributed by atoms with Crippen LogP contribution >= 0.6 is 11.6 Å². The van der Waals surface area contributed by atoms with Gasteiger partial charge in [-0.2, -0.15) is 0 Å². The topological polar surface area (TPSA) is 62.5 Å². The quantitative estimate of drug-likeness (QED) is 0.611. The number of pyridine rings is 1. The third-order valence-electron chi connectivity index (χ3n) is 4.97. The summed E-state index contributed by atoms with van der Waals surface area (Å²) in [5, 5.41) is 0.587. The average molecular weight is 433 g/mol. The first-order valence-electron chi connectivity index (χ1n) is 9.54. The zero-order valence-electron chi connectivity index (χ0n) is 16.0. The second kappa shape index (κ2) is 8.79. The summed E-state index contributed by atoms with van der Waals surface area (Å²) in [6, 6.07) is 6.91. The Hall–Kier alpha value is -3.00. The maximum absolute atomic E-state index is 13.9. The lowest BCUT2D eigenvalue weighted by atomic mass is 10.2. The van der Waals surface area contributed by atoms with Gasteiger partial charge < -0.3 is 14.2 Å². The predicted octanol–water partition coefficient (Wildman–Crippen LogP) is 3.95. The minimum absolute atomic E-state index is 0.00595. The molecule has 0 atom stereocenters. The molecule has 9 heteroatoms. The number of aromatic nitrogens is 2. The summed E-state index contributed by atoms with van der Waals surface area (Å²) in [4.78, 5) is 24.9. The van der Waals surface area contributed by atoms with Crippen molar-refractivity contribution in [3.05, 3.63) is 65.3 Å². The van der Waals surface area contributed by atoms with Crippen LogP contribution < -0.4 is 4.90 Å². The van der Waals surface area contributed by atoms with Crippen LogP contribution in [0.4, 0.5) is 14.6 Å². The van der Waals surface area contributed by atoms with E-state index >= 15 is 0 Å². The molecule has 0 bridgehead atoms. The maximum atomic E-state index is 13.9. The van der Waals surface area contributed by atoms with E-state index in [1.54, 1.807) is 17.2 Å². The van der Waals surface area contributed by atoms with Crippen molar-refractivity contribution in [2.45, 2.75) is 12.8 Å². The number of rotatable bonds is 5. The lowest BCUT2D eigenvalue weighted by molar-refractivity contribution is -0.131. The van der Waals surface area contributed by atoms with Crippen molar-refractivity contribution in [2.75, 3.05) is 31.1 Å². The molecule has 1 aliphatic rings. The van der Waals surface area contributed by atoms with Crippen molar-refractivity contribution in [2.24, 2.45) is 0 Å². The zero-order chi connectivity index (χ0) is 21.1. The summed E-state index contributed by atoms with van der Waals surface area (Å²) in [5.41, 5.74) is 0.133. The molecule has 6 nitrogen and oxygen atoms in total. The van der Waals surface area contributed by atoms with Gasteiger partial charge in [-0.25, -0.2) is 18.7 Å². The number of oxazole rings is 1.